The van der Waals surface area contributed by atoms with Crippen LogP contribution in [0.5, 0.6) is 0 Å². The molecule has 3 aromatic heterocycles. The molecule has 0 amide bonds. The van der Waals surface area contributed by atoms with Crippen LogP contribution in [0.4, 0.5) is 17.1 Å². The van der Waals surface area contributed by atoms with Gasteiger partial charge in [-0.05, 0) is 130 Å². The van der Waals surface area contributed by atoms with Crippen molar-refractivity contribution >= 4 is 38.9 Å². The summed E-state index contributed by atoms with van der Waals surface area (Å²) >= 11 is 0. The highest BCUT2D eigenvalue weighted by Gasteiger charge is 2.36. The minimum atomic E-state index is -0.0934. The molecule has 7 aromatic carbocycles. The van der Waals surface area contributed by atoms with E-state index in [1.54, 1.807) is 0 Å². The van der Waals surface area contributed by atoms with Crippen LogP contribution in [-0.4, -0.2) is 14.5 Å². The zero-order chi connectivity index (χ0) is 39.5. The molecule has 11 rings (SSSR count). The normalized spacial score (nSPS) is 12.7. The predicted octanol–water partition coefficient (Wildman–Crippen LogP) is 14.4. The standard InChI is InChI=1S/C55H40N4/c1-55(2)49-24-7-6-23-45(49)46-35-48-47-34-38(27-28-53(47)59(54(48)36-50(46)55)41-18-4-3-5-19-41)37-15-12-20-42(31-37)58(43-21-13-16-39(32-43)51-25-8-10-29-56-51)44-22-14-17-40(33-44)52-26-9-11-30-57-52/h3-36H,1-2H3. The average Bonchev–Trinajstić information content (AvgIpc) is 3.74. The fourth-order valence-corrected chi connectivity index (χ4v) is 9.20. The summed E-state index contributed by atoms with van der Waals surface area (Å²) in [4.78, 5) is 11.7. The van der Waals surface area contributed by atoms with E-state index >= 15 is 0 Å². The molecule has 3 heterocycles. The van der Waals surface area contributed by atoms with Gasteiger partial charge in [-0.2, -0.15) is 0 Å². The van der Waals surface area contributed by atoms with Gasteiger partial charge < -0.3 is 9.47 Å². The van der Waals surface area contributed by atoms with Crippen molar-refractivity contribution in [3.8, 4) is 50.5 Å². The largest absolute Gasteiger partial charge is 0.310 e. The number of para-hydroxylation sites is 1. The van der Waals surface area contributed by atoms with Gasteiger partial charge in [0.2, 0.25) is 0 Å². The Labute approximate surface area is 344 Å². The molecular formula is C55H40N4. The van der Waals surface area contributed by atoms with E-state index in [-0.39, 0.29) is 5.41 Å². The first-order valence-corrected chi connectivity index (χ1v) is 20.2. The number of pyridine rings is 2. The first-order chi connectivity index (χ1) is 29.0. The number of fused-ring (bicyclic) bond motifs is 6. The first kappa shape index (κ1) is 34.7. The number of hydrogen-bond donors (Lipinski definition) is 0. The highest BCUT2D eigenvalue weighted by Crippen LogP contribution is 2.51. The minimum Gasteiger partial charge on any atom is -0.310 e. The van der Waals surface area contributed by atoms with Crippen LogP contribution in [-0.2, 0) is 5.41 Å². The summed E-state index contributed by atoms with van der Waals surface area (Å²) < 4.78 is 2.44. The van der Waals surface area contributed by atoms with Gasteiger partial charge in [-0.15, -0.1) is 0 Å². The zero-order valence-corrected chi connectivity index (χ0v) is 32.9. The predicted molar refractivity (Wildman–Crippen MR) is 245 cm³/mol. The van der Waals surface area contributed by atoms with Gasteiger partial charge in [0.05, 0.1) is 22.4 Å². The second kappa shape index (κ2) is 13.8. The maximum atomic E-state index is 4.68. The van der Waals surface area contributed by atoms with E-state index in [1.807, 2.05) is 36.7 Å². The lowest BCUT2D eigenvalue weighted by Gasteiger charge is -2.27. The summed E-state index contributed by atoms with van der Waals surface area (Å²) in [6.07, 6.45) is 3.70. The molecule has 59 heavy (non-hydrogen) atoms. The second-order valence-electron chi connectivity index (χ2n) is 15.9. The molecule has 0 saturated heterocycles. The molecule has 0 unspecified atom stereocenters. The first-order valence-electron chi connectivity index (χ1n) is 20.2. The maximum absolute atomic E-state index is 4.68. The van der Waals surface area contributed by atoms with Crippen molar-refractivity contribution in [1.82, 2.24) is 14.5 Å². The topological polar surface area (TPSA) is 34.0 Å². The molecule has 0 aliphatic heterocycles. The molecule has 0 bridgehead atoms. The molecule has 0 N–H and O–H groups in total. The van der Waals surface area contributed by atoms with E-state index in [1.165, 1.54) is 44.1 Å². The van der Waals surface area contributed by atoms with Gasteiger partial charge in [0, 0.05) is 62.5 Å². The molecule has 0 atom stereocenters. The van der Waals surface area contributed by atoms with E-state index in [4.69, 9.17) is 0 Å². The van der Waals surface area contributed by atoms with E-state index in [0.717, 1.165) is 56.4 Å². The molecule has 0 fully saturated rings. The summed E-state index contributed by atoms with van der Waals surface area (Å²) in [6.45, 7) is 4.72. The van der Waals surface area contributed by atoms with E-state index in [9.17, 15) is 0 Å². The summed E-state index contributed by atoms with van der Waals surface area (Å²) in [5.41, 5.74) is 18.3. The van der Waals surface area contributed by atoms with Crippen molar-refractivity contribution in [1.29, 1.82) is 0 Å². The van der Waals surface area contributed by atoms with Crippen LogP contribution in [0.2, 0.25) is 0 Å². The van der Waals surface area contributed by atoms with Crippen molar-refractivity contribution in [3.05, 3.63) is 218 Å². The quantitative estimate of drug-likeness (QED) is 0.162. The molecule has 280 valence electrons. The smallest absolute Gasteiger partial charge is 0.0702 e. The summed E-state index contributed by atoms with van der Waals surface area (Å²) in [7, 11) is 0. The third kappa shape index (κ3) is 5.83. The summed E-state index contributed by atoms with van der Waals surface area (Å²) in [5, 5.41) is 2.49. The monoisotopic (exact) mass is 756 g/mol. The van der Waals surface area contributed by atoms with Crippen molar-refractivity contribution in [2.45, 2.75) is 19.3 Å². The molecular weight excluding hydrogens is 717 g/mol. The van der Waals surface area contributed by atoms with Crippen LogP contribution in [0.1, 0.15) is 25.0 Å². The van der Waals surface area contributed by atoms with Crippen molar-refractivity contribution in [2.75, 3.05) is 4.90 Å². The van der Waals surface area contributed by atoms with Crippen molar-refractivity contribution in [3.63, 3.8) is 0 Å². The number of aromatic nitrogens is 3. The van der Waals surface area contributed by atoms with E-state index in [0.29, 0.717) is 0 Å². The number of nitrogens with zero attached hydrogens (tertiary/aromatic N) is 4. The Kier molecular flexibility index (Phi) is 8.12. The summed E-state index contributed by atoms with van der Waals surface area (Å²) in [5.74, 6) is 0. The third-order valence-corrected chi connectivity index (χ3v) is 12.1. The maximum Gasteiger partial charge on any atom is 0.0702 e. The Balaban J connectivity index is 1.09. The Morgan fingerprint density at radius 3 is 1.61 bits per heavy atom. The molecule has 1 aliphatic carbocycles. The van der Waals surface area contributed by atoms with Gasteiger partial charge in [-0.1, -0.05) is 111 Å². The van der Waals surface area contributed by atoms with Gasteiger partial charge in [-0.25, -0.2) is 0 Å². The lowest BCUT2D eigenvalue weighted by molar-refractivity contribution is 0.661. The number of rotatable bonds is 7. The minimum absolute atomic E-state index is 0.0934. The van der Waals surface area contributed by atoms with Crippen LogP contribution < -0.4 is 4.90 Å². The molecule has 4 heteroatoms. The fourth-order valence-electron chi connectivity index (χ4n) is 9.20. The third-order valence-electron chi connectivity index (χ3n) is 12.1. The SMILES string of the molecule is CC1(C)c2ccccc2-c2cc3c4cc(-c5cccc(N(c6cccc(-c7ccccn7)c6)c6cccc(-c7ccccn7)c6)c5)ccc4n(-c4ccccc4)c3cc21. The summed E-state index contributed by atoms with van der Waals surface area (Å²) in [6, 6.07) is 69.9. The van der Waals surface area contributed by atoms with Crippen LogP contribution in [0.3, 0.4) is 0 Å². The van der Waals surface area contributed by atoms with Crippen LogP contribution in [0.25, 0.3) is 72.3 Å². The van der Waals surface area contributed by atoms with E-state index < -0.39 is 0 Å². The Morgan fingerprint density at radius 2 is 0.966 bits per heavy atom. The number of anilines is 3. The zero-order valence-electron chi connectivity index (χ0n) is 32.9. The molecule has 0 saturated carbocycles. The number of benzene rings is 7. The highest BCUT2D eigenvalue weighted by molar-refractivity contribution is 6.12. The van der Waals surface area contributed by atoms with Gasteiger partial charge in [0.25, 0.3) is 0 Å². The average molecular weight is 757 g/mol. The lowest BCUT2D eigenvalue weighted by Crippen LogP contribution is -2.14. The van der Waals surface area contributed by atoms with Gasteiger partial charge in [-0.3, -0.25) is 9.97 Å². The molecule has 10 aromatic rings. The number of hydrogen-bond acceptors (Lipinski definition) is 3. The van der Waals surface area contributed by atoms with Gasteiger partial charge in [0.15, 0.2) is 0 Å². The second-order valence-corrected chi connectivity index (χ2v) is 15.9. The fraction of sp³-hybridized carbons (Fsp3) is 0.0545. The molecule has 0 spiro atoms. The van der Waals surface area contributed by atoms with Crippen LogP contribution in [0, 0.1) is 0 Å². The van der Waals surface area contributed by atoms with Crippen molar-refractivity contribution < 1.29 is 0 Å². The van der Waals surface area contributed by atoms with Gasteiger partial charge in [0.1, 0.15) is 0 Å². The lowest BCUT2D eigenvalue weighted by atomic mass is 9.82. The van der Waals surface area contributed by atoms with Gasteiger partial charge >= 0.3 is 0 Å². The molecule has 1 aliphatic rings. The van der Waals surface area contributed by atoms with Crippen LogP contribution in [0.15, 0.2) is 207 Å². The van der Waals surface area contributed by atoms with Crippen LogP contribution >= 0.6 is 0 Å². The Hall–Kier alpha value is -7.56. The molecule has 4 nitrogen and oxygen atoms in total. The molecule has 0 radical (unpaired) electrons. The Bertz CT molecular complexity index is 3100. The van der Waals surface area contributed by atoms with Crippen molar-refractivity contribution in [2.24, 2.45) is 0 Å². The highest BCUT2D eigenvalue weighted by atomic mass is 15.1. The van der Waals surface area contributed by atoms with E-state index in [2.05, 4.69) is 203 Å². The Morgan fingerprint density at radius 1 is 0.407 bits per heavy atom.